The van der Waals surface area contributed by atoms with Gasteiger partial charge in [-0.15, -0.1) is 0 Å². The maximum atomic E-state index is 13.3. The molecule has 0 aliphatic rings. The van der Waals surface area contributed by atoms with Gasteiger partial charge in [0.2, 0.25) is 0 Å². The minimum atomic E-state index is -0.233. The van der Waals surface area contributed by atoms with Crippen LogP contribution < -0.4 is 10.1 Å². The number of ether oxygens (including phenoxy) is 1. The Morgan fingerprint density at radius 3 is 2.65 bits per heavy atom. The average Bonchev–Trinajstić information content (AvgIpc) is 2.42. The number of nitrogens with one attached hydrogen (secondary N) is 1. The number of anilines is 1. The Labute approximate surface area is 127 Å². The summed E-state index contributed by atoms with van der Waals surface area (Å²) in [6.45, 7) is 4.57. The molecule has 0 aromatic heterocycles. The molecule has 106 valence electrons. The topological polar surface area (TPSA) is 21.3 Å². The van der Waals surface area contributed by atoms with E-state index in [2.05, 4.69) is 21.2 Å². The van der Waals surface area contributed by atoms with Gasteiger partial charge in [-0.25, -0.2) is 4.39 Å². The van der Waals surface area contributed by atoms with Gasteiger partial charge in [0.1, 0.15) is 11.6 Å². The molecule has 0 unspecified atom stereocenters. The highest BCUT2D eigenvalue weighted by molar-refractivity contribution is 9.10. The van der Waals surface area contributed by atoms with Gasteiger partial charge in [0, 0.05) is 22.3 Å². The molecular weight excluding hydrogens is 321 g/mol. The Morgan fingerprint density at radius 2 is 1.95 bits per heavy atom. The minimum absolute atomic E-state index is 0.233. The average molecular weight is 338 g/mol. The molecule has 0 saturated heterocycles. The largest absolute Gasteiger partial charge is 0.496 e. The third-order valence-corrected chi connectivity index (χ3v) is 4.06. The van der Waals surface area contributed by atoms with E-state index in [1.807, 2.05) is 26.0 Å². The zero-order chi connectivity index (χ0) is 14.7. The number of halogens is 2. The van der Waals surface area contributed by atoms with Crippen molar-refractivity contribution in [3.63, 3.8) is 0 Å². The fraction of sp³-hybridized carbons (Fsp3) is 0.250. The summed E-state index contributed by atoms with van der Waals surface area (Å²) in [7, 11) is 1.67. The van der Waals surface area contributed by atoms with Crippen LogP contribution in [0.2, 0.25) is 0 Å². The lowest BCUT2D eigenvalue weighted by Gasteiger charge is -2.15. The van der Waals surface area contributed by atoms with E-state index in [4.69, 9.17) is 4.74 Å². The van der Waals surface area contributed by atoms with E-state index in [1.165, 1.54) is 12.1 Å². The summed E-state index contributed by atoms with van der Waals surface area (Å²) in [6, 6.07) is 8.70. The first-order valence-electron chi connectivity index (χ1n) is 6.35. The van der Waals surface area contributed by atoms with Crippen LogP contribution in [0.1, 0.15) is 16.7 Å². The molecule has 20 heavy (non-hydrogen) atoms. The number of methoxy groups -OCH3 is 1. The fourth-order valence-electron chi connectivity index (χ4n) is 2.20. The second-order valence-electron chi connectivity index (χ2n) is 4.68. The molecule has 0 heterocycles. The van der Waals surface area contributed by atoms with Crippen LogP contribution in [-0.4, -0.2) is 7.11 Å². The highest BCUT2D eigenvalue weighted by Gasteiger charge is 2.08. The highest BCUT2D eigenvalue weighted by Crippen LogP contribution is 2.30. The number of aryl methyl sites for hydroxylation is 1. The van der Waals surface area contributed by atoms with Gasteiger partial charge in [0.05, 0.1) is 7.11 Å². The molecule has 2 aromatic carbocycles. The Kier molecular flexibility index (Phi) is 4.65. The van der Waals surface area contributed by atoms with Crippen LogP contribution in [0.4, 0.5) is 10.1 Å². The molecule has 0 fully saturated rings. The van der Waals surface area contributed by atoms with Gasteiger partial charge in [-0.2, -0.15) is 0 Å². The monoisotopic (exact) mass is 337 g/mol. The van der Waals surface area contributed by atoms with Gasteiger partial charge in [0.25, 0.3) is 0 Å². The molecule has 0 bridgehead atoms. The second-order valence-corrected chi connectivity index (χ2v) is 5.53. The minimum Gasteiger partial charge on any atom is -0.496 e. The van der Waals surface area contributed by atoms with Crippen molar-refractivity contribution in [2.75, 3.05) is 12.4 Å². The fourth-order valence-corrected chi connectivity index (χ4v) is 2.59. The molecule has 2 aromatic rings. The van der Waals surface area contributed by atoms with Crippen LogP contribution in [0.15, 0.2) is 34.8 Å². The number of hydrogen-bond donors (Lipinski definition) is 1. The zero-order valence-electron chi connectivity index (χ0n) is 11.8. The van der Waals surface area contributed by atoms with Crippen LogP contribution in [0.5, 0.6) is 5.75 Å². The Hall–Kier alpha value is -1.55. The summed E-state index contributed by atoms with van der Waals surface area (Å²) in [5, 5.41) is 3.32. The van der Waals surface area contributed by atoms with Gasteiger partial charge in [0.15, 0.2) is 0 Å². The summed E-state index contributed by atoms with van der Waals surface area (Å²) in [6.07, 6.45) is 0. The van der Waals surface area contributed by atoms with E-state index in [9.17, 15) is 4.39 Å². The van der Waals surface area contributed by atoms with Crippen molar-refractivity contribution in [2.24, 2.45) is 0 Å². The molecule has 0 atom stereocenters. The predicted molar refractivity (Wildman–Crippen MR) is 83.9 cm³/mol. The molecule has 2 nitrogen and oxygen atoms in total. The summed E-state index contributed by atoms with van der Waals surface area (Å²) in [5.41, 5.74) is 4.02. The van der Waals surface area contributed by atoms with Gasteiger partial charge < -0.3 is 10.1 Å². The molecule has 0 aliphatic carbocycles. The van der Waals surface area contributed by atoms with Gasteiger partial charge in [-0.3, -0.25) is 0 Å². The highest BCUT2D eigenvalue weighted by atomic mass is 79.9. The molecule has 0 spiro atoms. The second kappa shape index (κ2) is 6.27. The van der Waals surface area contributed by atoms with Crippen LogP contribution in [0.3, 0.4) is 0 Å². The summed E-state index contributed by atoms with van der Waals surface area (Å²) in [4.78, 5) is 0. The van der Waals surface area contributed by atoms with Crippen LogP contribution in [-0.2, 0) is 6.54 Å². The lowest BCUT2D eigenvalue weighted by Crippen LogP contribution is -2.04. The van der Waals surface area contributed by atoms with Crippen LogP contribution >= 0.6 is 15.9 Å². The third-order valence-electron chi connectivity index (χ3n) is 3.28. The maximum absolute atomic E-state index is 13.3. The lowest BCUT2D eigenvalue weighted by atomic mass is 10.1. The molecule has 4 heteroatoms. The zero-order valence-corrected chi connectivity index (χ0v) is 13.3. The predicted octanol–water partition coefficient (Wildman–Crippen LogP) is 4.83. The Bertz CT molecular complexity index is 628. The van der Waals surface area contributed by atoms with E-state index in [0.717, 1.165) is 32.6 Å². The van der Waals surface area contributed by atoms with Crippen molar-refractivity contribution in [3.05, 3.63) is 57.3 Å². The molecule has 0 aliphatic heterocycles. The van der Waals surface area contributed by atoms with Crippen molar-refractivity contribution >= 4 is 21.6 Å². The van der Waals surface area contributed by atoms with E-state index in [1.54, 1.807) is 13.2 Å². The first kappa shape index (κ1) is 14.9. The Balaban J connectivity index is 2.21. The molecule has 2 rings (SSSR count). The van der Waals surface area contributed by atoms with Crippen molar-refractivity contribution < 1.29 is 9.13 Å². The summed E-state index contributed by atoms with van der Waals surface area (Å²) < 4.78 is 19.5. The first-order chi connectivity index (χ1) is 9.52. The van der Waals surface area contributed by atoms with Gasteiger partial charge in [-0.05, 0) is 49.2 Å². The SMILES string of the molecule is COc1c(C)ccc(NCc2cc(F)ccc2Br)c1C. The summed E-state index contributed by atoms with van der Waals surface area (Å²) in [5.74, 6) is 0.650. The molecule has 0 radical (unpaired) electrons. The van der Waals surface area contributed by atoms with Gasteiger partial charge >= 0.3 is 0 Å². The molecule has 0 amide bonds. The van der Waals surface area contributed by atoms with Crippen molar-refractivity contribution in [2.45, 2.75) is 20.4 Å². The summed E-state index contributed by atoms with van der Waals surface area (Å²) >= 11 is 3.43. The van der Waals surface area contributed by atoms with E-state index in [-0.39, 0.29) is 5.82 Å². The quantitative estimate of drug-likeness (QED) is 0.862. The van der Waals surface area contributed by atoms with E-state index in [0.29, 0.717) is 6.54 Å². The molecule has 1 N–H and O–H groups in total. The van der Waals surface area contributed by atoms with Crippen LogP contribution in [0.25, 0.3) is 0 Å². The van der Waals surface area contributed by atoms with Crippen molar-refractivity contribution in [1.29, 1.82) is 0 Å². The normalized spacial score (nSPS) is 10.4. The van der Waals surface area contributed by atoms with E-state index >= 15 is 0 Å². The van der Waals surface area contributed by atoms with Crippen LogP contribution in [0, 0.1) is 19.7 Å². The Morgan fingerprint density at radius 1 is 1.20 bits per heavy atom. The smallest absolute Gasteiger partial charge is 0.126 e. The standard InChI is InChI=1S/C16H17BrFNO/c1-10-4-7-15(11(2)16(10)20-3)19-9-12-8-13(18)5-6-14(12)17/h4-8,19H,9H2,1-3H3. The first-order valence-corrected chi connectivity index (χ1v) is 7.14. The number of benzene rings is 2. The number of hydrogen-bond acceptors (Lipinski definition) is 2. The lowest BCUT2D eigenvalue weighted by molar-refractivity contribution is 0.409. The molecular formula is C16H17BrFNO. The number of rotatable bonds is 4. The van der Waals surface area contributed by atoms with Crippen molar-refractivity contribution in [3.8, 4) is 5.75 Å². The maximum Gasteiger partial charge on any atom is 0.126 e. The molecule has 0 saturated carbocycles. The third kappa shape index (κ3) is 3.12. The van der Waals surface area contributed by atoms with E-state index < -0.39 is 0 Å². The van der Waals surface area contributed by atoms with Gasteiger partial charge in [-0.1, -0.05) is 22.0 Å². The van der Waals surface area contributed by atoms with Crippen molar-refractivity contribution in [1.82, 2.24) is 0 Å².